The average Bonchev–Trinajstić information content (AvgIpc) is 3.42. The Balaban J connectivity index is 1.65. The lowest BCUT2D eigenvalue weighted by Gasteiger charge is -2.03. The number of rotatable bonds is 5. The summed E-state index contributed by atoms with van der Waals surface area (Å²) < 4.78 is 5.38. The monoisotopic (exact) mass is 399 g/mol. The molecule has 4 rings (SSSR count). The van der Waals surface area contributed by atoms with Gasteiger partial charge in [-0.25, -0.2) is 4.79 Å². The number of hydrogen-bond acceptors (Lipinski definition) is 6. The predicted octanol–water partition coefficient (Wildman–Crippen LogP) is 5.12. The topological polar surface area (TPSA) is 100 Å². The molecule has 2 aromatic heterocycles. The van der Waals surface area contributed by atoms with E-state index in [1.165, 1.54) is 17.4 Å². The molecule has 0 saturated heterocycles. The Morgan fingerprint density at radius 2 is 1.69 bits per heavy atom. The van der Waals surface area contributed by atoms with Crippen molar-refractivity contribution in [1.29, 1.82) is 5.26 Å². The molecule has 0 atom stereocenters. The highest BCUT2D eigenvalue weighted by atomic mass is 32.1. The van der Waals surface area contributed by atoms with Gasteiger partial charge in [0.15, 0.2) is 11.5 Å². The molecule has 0 radical (unpaired) electrons. The number of aliphatic carboxylic acids is 1. The van der Waals surface area contributed by atoms with Crippen molar-refractivity contribution in [3.63, 3.8) is 0 Å². The number of nitriles is 1. The van der Waals surface area contributed by atoms with Crippen LogP contribution in [0.4, 0.5) is 0 Å². The van der Waals surface area contributed by atoms with Gasteiger partial charge in [-0.15, -0.1) is 16.4 Å². The third kappa shape index (κ3) is 3.83. The van der Waals surface area contributed by atoms with Crippen molar-refractivity contribution in [2.45, 2.75) is 0 Å². The minimum absolute atomic E-state index is 0.326. The summed E-state index contributed by atoms with van der Waals surface area (Å²) in [6, 6.07) is 23.2. The predicted molar refractivity (Wildman–Crippen MR) is 110 cm³/mol. The number of carboxylic acids is 1. The highest BCUT2D eigenvalue weighted by molar-refractivity contribution is 7.16. The van der Waals surface area contributed by atoms with Gasteiger partial charge in [-0.1, -0.05) is 54.6 Å². The summed E-state index contributed by atoms with van der Waals surface area (Å²) in [4.78, 5) is 12.4. The molecule has 29 heavy (non-hydrogen) atoms. The number of hydrogen-bond donors (Lipinski definition) is 1. The van der Waals surface area contributed by atoms with Gasteiger partial charge in [0.25, 0.3) is 0 Å². The van der Waals surface area contributed by atoms with Gasteiger partial charge in [0, 0.05) is 15.7 Å². The molecule has 140 valence electrons. The SMILES string of the molecule is N#C/C(=C/c1ccc(-c2nnoc2-c2ccc(-c3ccccc3)cc2)s1)C(=O)O. The molecule has 0 aliphatic rings. The van der Waals surface area contributed by atoms with E-state index in [1.807, 2.05) is 54.6 Å². The van der Waals surface area contributed by atoms with E-state index in [9.17, 15) is 4.79 Å². The molecule has 0 aliphatic heterocycles. The molecule has 0 saturated carbocycles. The maximum absolute atomic E-state index is 11.0. The fraction of sp³-hybridized carbons (Fsp3) is 0. The summed E-state index contributed by atoms with van der Waals surface area (Å²) in [6.07, 6.45) is 1.33. The molecular weight excluding hydrogens is 386 g/mol. The van der Waals surface area contributed by atoms with Crippen LogP contribution in [0.15, 0.2) is 76.8 Å². The smallest absolute Gasteiger partial charge is 0.346 e. The zero-order chi connectivity index (χ0) is 20.2. The highest BCUT2D eigenvalue weighted by Crippen LogP contribution is 2.35. The van der Waals surface area contributed by atoms with Crippen molar-refractivity contribution in [3.8, 4) is 39.1 Å². The first-order valence-corrected chi connectivity index (χ1v) is 9.41. The minimum atomic E-state index is -1.26. The Labute approximate surface area is 170 Å². The van der Waals surface area contributed by atoms with Crippen molar-refractivity contribution in [2.24, 2.45) is 0 Å². The number of thiophene rings is 1. The number of aromatic nitrogens is 2. The van der Waals surface area contributed by atoms with Gasteiger partial charge in [0.05, 0.1) is 4.88 Å². The molecule has 0 fully saturated rings. The fourth-order valence-electron chi connectivity index (χ4n) is 2.83. The molecule has 0 unspecified atom stereocenters. The zero-order valence-electron chi connectivity index (χ0n) is 14.9. The van der Waals surface area contributed by atoms with Crippen LogP contribution in [-0.2, 0) is 4.79 Å². The largest absolute Gasteiger partial charge is 0.477 e. The van der Waals surface area contributed by atoms with Crippen molar-refractivity contribution >= 4 is 23.4 Å². The second-order valence-electron chi connectivity index (χ2n) is 6.07. The van der Waals surface area contributed by atoms with Crippen LogP contribution in [0.5, 0.6) is 0 Å². The Hall–Kier alpha value is -4.02. The molecule has 6 nitrogen and oxygen atoms in total. The summed E-state index contributed by atoms with van der Waals surface area (Å²) >= 11 is 1.31. The first kappa shape index (κ1) is 18.3. The minimum Gasteiger partial charge on any atom is -0.477 e. The summed E-state index contributed by atoms with van der Waals surface area (Å²) in [7, 11) is 0. The Bertz CT molecular complexity index is 1230. The van der Waals surface area contributed by atoms with E-state index in [2.05, 4.69) is 10.4 Å². The van der Waals surface area contributed by atoms with Gasteiger partial charge in [-0.05, 0) is 29.3 Å². The number of carboxylic acid groups (broad SMARTS) is 1. The van der Waals surface area contributed by atoms with Gasteiger partial charge in [0.1, 0.15) is 11.6 Å². The van der Waals surface area contributed by atoms with Gasteiger partial charge < -0.3 is 9.63 Å². The molecule has 2 aromatic carbocycles. The fourth-order valence-corrected chi connectivity index (χ4v) is 3.76. The second-order valence-corrected chi connectivity index (χ2v) is 7.19. The zero-order valence-corrected chi connectivity index (χ0v) is 15.8. The standard InChI is InChI=1S/C22H13N3O3S/c23-13-17(22(26)27)12-18-10-11-19(29-18)20-21(28-25-24-20)16-8-6-15(7-9-16)14-4-2-1-3-5-14/h1-12H,(H,26,27)/b17-12-. The van der Waals surface area contributed by atoms with Crippen LogP contribution in [0.3, 0.4) is 0 Å². The molecule has 2 heterocycles. The summed E-state index contributed by atoms with van der Waals surface area (Å²) in [5, 5.41) is 25.7. The normalized spacial score (nSPS) is 11.2. The first-order valence-electron chi connectivity index (χ1n) is 8.59. The van der Waals surface area contributed by atoms with Crippen LogP contribution in [-0.4, -0.2) is 21.4 Å². The van der Waals surface area contributed by atoms with Gasteiger partial charge in [-0.3, -0.25) is 0 Å². The molecule has 0 bridgehead atoms. The second kappa shape index (κ2) is 7.92. The average molecular weight is 399 g/mol. The molecule has 1 N–H and O–H groups in total. The third-order valence-electron chi connectivity index (χ3n) is 4.24. The summed E-state index contributed by atoms with van der Waals surface area (Å²) in [5.41, 5.74) is 3.28. The quantitative estimate of drug-likeness (QED) is 0.369. The van der Waals surface area contributed by atoms with E-state index < -0.39 is 5.97 Å². The third-order valence-corrected chi connectivity index (χ3v) is 5.28. The van der Waals surface area contributed by atoms with E-state index in [-0.39, 0.29) is 5.57 Å². The first-order chi connectivity index (χ1) is 14.2. The Morgan fingerprint density at radius 3 is 2.38 bits per heavy atom. The van der Waals surface area contributed by atoms with Crippen molar-refractivity contribution in [3.05, 3.63) is 77.2 Å². The lowest BCUT2D eigenvalue weighted by molar-refractivity contribution is -0.132. The summed E-state index contributed by atoms with van der Waals surface area (Å²) in [5.74, 6) is -0.731. The summed E-state index contributed by atoms with van der Waals surface area (Å²) in [6.45, 7) is 0. The van der Waals surface area contributed by atoms with Crippen LogP contribution in [0, 0.1) is 11.3 Å². The van der Waals surface area contributed by atoms with E-state index in [1.54, 1.807) is 18.2 Å². The molecule has 0 aliphatic carbocycles. The van der Waals surface area contributed by atoms with Crippen molar-refractivity contribution < 1.29 is 14.4 Å². The van der Waals surface area contributed by atoms with Crippen LogP contribution in [0.25, 0.3) is 39.1 Å². The van der Waals surface area contributed by atoms with E-state index in [4.69, 9.17) is 14.9 Å². The molecule has 0 amide bonds. The van der Waals surface area contributed by atoms with Crippen LogP contribution < -0.4 is 0 Å². The lowest BCUT2D eigenvalue weighted by Crippen LogP contribution is -1.96. The molecule has 7 heteroatoms. The van der Waals surface area contributed by atoms with E-state index in [0.717, 1.165) is 21.6 Å². The van der Waals surface area contributed by atoms with Crippen LogP contribution in [0.2, 0.25) is 0 Å². The van der Waals surface area contributed by atoms with E-state index in [0.29, 0.717) is 16.3 Å². The molecular formula is C22H13N3O3S. The number of carbonyl (C=O) groups is 1. The van der Waals surface area contributed by atoms with Crippen LogP contribution in [0.1, 0.15) is 4.88 Å². The Kier molecular flexibility index (Phi) is 5.01. The number of benzene rings is 2. The van der Waals surface area contributed by atoms with Crippen LogP contribution >= 0.6 is 11.3 Å². The van der Waals surface area contributed by atoms with Crippen molar-refractivity contribution in [2.75, 3.05) is 0 Å². The van der Waals surface area contributed by atoms with Crippen molar-refractivity contribution in [1.82, 2.24) is 10.4 Å². The molecule has 4 aromatic rings. The lowest BCUT2D eigenvalue weighted by atomic mass is 10.0. The van der Waals surface area contributed by atoms with Gasteiger partial charge in [0.2, 0.25) is 0 Å². The Morgan fingerprint density at radius 1 is 1.00 bits per heavy atom. The maximum atomic E-state index is 11.0. The maximum Gasteiger partial charge on any atom is 0.346 e. The van der Waals surface area contributed by atoms with Gasteiger partial charge in [-0.2, -0.15) is 5.26 Å². The highest BCUT2D eigenvalue weighted by Gasteiger charge is 2.17. The number of nitrogens with zero attached hydrogens (tertiary/aromatic N) is 3. The van der Waals surface area contributed by atoms with Gasteiger partial charge >= 0.3 is 5.97 Å². The van der Waals surface area contributed by atoms with E-state index >= 15 is 0 Å². The molecule has 0 spiro atoms.